The van der Waals surface area contributed by atoms with Crippen molar-refractivity contribution in [3.05, 3.63) is 40.9 Å². The second kappa shape index (κ2) is 6.29. The Morgan fingerprint density at radius 3 is 2.50 bits per heavy atom. The Labute approximate surface area is 150 Å². The molecule has 5 nitrogen and oxygen atoms in total. The molecule has 0 radical (unpaired) electrons. The molecule has 24 heavy (non-hydrogen) atoms. The van der Waals surface area contributed by atoms with Gasteiger partial charge in [-0.2, -0.15) is 4.31 Å². The predicted molar refractivity (Wildman–Crippen MR) is 93.1 cm³/mol. The number of fused-ring (bicyclic) bond motifs is 2. The largest absolute Gasteiger partial charge is 0.474 e. The highest BCUT2D eigenvalue weighted by molar-refractivity contribution is 7.91. The predicted octanol–water partition coefficient (Wildman–Crippen LogP) is 3.56. The number of piperidine rings is 1. The molecule has 2 aromatic heterocycles. The molecule has 2 aliphatic heterocycles. The number of hydrogen-bond donors (Lipinski definition) is 0. The van der Waals surface area contributed by atoms with E-state index >= 15 is 0 Å². The van der Waals surface area contributed by atoms with Gasteiger partial charge in [-0.25, -0.2) is 13.4 Å². The van der Waals surface area contributed by atoms with E-state index in [1.807, 2.05) is 18.2 Å². The molecule has 2 aromatic rings. The van der Waals surface area contributed by atoms with Crippen LogP contribution in [0.15, 0.2) is 40.7 Å². The van der Waals surface area contributed by atoms with Crippen molar-refractivity contribution in [3.8, 4) is 5.88 Å². The minimum Gasteiger partial charge on any atom is -0.474 e. The first kappa shape index (κ1) is 16.3. The summed E-state index contributed by atoms with van der Waals surface area (Å²) in [5.74, 6) is 0.600. The Morgan fingerprint density at radius 1 is 1.17 bits per heavy atom. The molecule has 4 rings (SSSR count). The van der Waals surface area contributed by atoms with Gasteiger partial charge in [-0.05, 0) is 31.0 Å². The molecule has 0 aromatic carbocycles. The summed E-state index contributed by atoms with van der Waals surface area (Å²) in [6.07, 6.45) is 4.87. The molecule has 8 heteroatoms. The van der Waals surface area contributed by atoms with Crippen LogP contribution in [0, 0.1) is 0 Å². The second-order valence-electron chi connectivity index (χ2n) is 6.16. The summed E-state index contributed by atoms with van der Waals surface area (Å²) in [5, 5.41) is 0. The lowest BCUT2D eigenvalue weighted by atomic mass is 10.0. The molecule has 0 spiro atoms. The van der Waals surface area contributed by atoms with E-state index in [0.29, 0.717) is 27.3 Å². The average molecular weight is 385 g/mol. The molecule has 2 fully saturated rings. The number of thiophene rings is 1. The van der Waals surface area contributed by atoms with Crippen LogP contribution in [-0.4, -0.2) is 35.9 Å². The third-order valence-corrected chi connectivity index (χ3v) is 8.33. The van der Waals surface area contributed by atoms with Crippen LogP contribution >= 0.6 is 22.9 Å². The number of sulfonamides is 1. The van der Waals surface area contributed by atoms with Gasteiger partial charge in [0.15, 0.2) is 0 Å². The molecule has 2 bridgehead atoms. The lowest BCUT2D eigenvalue weighted by Gasteiger charge is -2.37. The maximum absolute atomic E-state index is 13.0. The van der Waals surface area contributed by atoms with Gasteiger partial charge in [0.1, 0.15) is 10.3 Å². The van der Waals surface area contributed by atoms with Crippen molar-refractivity contribution in [2.24, 2.45) is 0 Å². The maximum atomic E-state index is 13.0. The van der Waals surface area contributed by atoms with Crippen LogP contribution in [0.3, 0.4) is 0 Å². The van der Waals surface area contributed by atoms with E-state index in [-0.39, 0.29) is 18.2 Å². The highest BCUT2D eigenvalue weighted by Crippen LogP contribution is 2.42. The lowest BCUT2D eigenvalue weighted by Crippen LogP contribution is -2.49. The van der Waals surface area contributed by atoms with Gasteiger partial charge in [0.2, 0.25) is 5.88 Å². The fourth-order valence-electron chi connectivity index (χ4n) is 3.70. The Kier molecular flexibility index (Phi) is 4.28. The highest BCUT2D eigenvalue weighted by atomic mass is 35.5. The van der Waals surface area contributed by atoms with Crippen LogP contribution in [0.1, 0.15) is 25.7 Å². The smallest absolute Gasteiger partial charge is 0.253 e. The molecule has 0 amide bonds. The number of pyridine rings is 1. The van der Waals surface area contributed by atoms with Crippen molar-refractivity contribution < 1.29 is 13.2 Å². The highest BCUT2D eigenvalue weighted by Gasteiger charge is 2.48. The molecule has 0 N–H and O–H groups in total. The molecule has 128 valence electrons. The minimum absolute atomic E-state index is 0.00998. The second-order valence-corrected chi connectivity index (χ2v) is 9.94. The Hall–Kier alpha value is -1.15. The van der Waals surface area contributed by atoms with Gasteiger partial charge in [0.05, 0.1) is 4.34 Å². The van der Waals surface area contributed by atoms with Gasteiger partial charge in [0.25, 0.3) is 10.0 Å². The third-order valence-electron chi connectivity index (χ3n) is 4.63. The fraction of sp³-hybridized carbons (Fsp3) is 0.438. The van der Waals surface area contributed by atoms with Crippen molar-refractivity contribution >= 4 is 33.0 Å². The van der Waals surface area contributed by atoms with Gasteiger partial charge in [-0.15, -0.1) is 11.3 Å². The summed E-state index contributed by atoms with van der Waals surface area (Å²) in [4.78, 5) is 4.19. The lowest BCUT2D eigenvalue weighted by molar-refractivity contribution is 0.0919. The van der Waals surface area contributed by atoms with Crippen LogP contribution < -0.4 is 4.74 Å². The number of rotatable bonds is 4. The Bertz CT molecular complexity index is 811. The van der Waals surface area contributed by atoms with E-state index < -0.39 is 10.0 Å². The topological polar surface area (TPSA) is 59.5 Å². The third kappa shape index (κ3) is 2.94. The average Bonchev–Trinajstić information content (AvgIpc) is 3.11. The Morgan fingerprint density at radius 2 is 1.92 bits per heavy atom. The molecule has 0 aliphatic carbocycles. The monoisotopic (exact) mass is 384 g/mol. The SMILES string of the molecule is O=S(=O)(c1ccc(Cl)s1)N1C2CCC1CC(Oc1ccccn1)C2. The summed E-state index contributed by atoms with van der Waals surface area (Å²) < 4.78 is 34.4. The normalized spacial score (nSPS) is 27.3. The summed E-state index contributed by atoms with van der Waals surface area (Å²) in [6, 6.07) is 8.77. The van der Waals surface area contributed by atoms with Crippen LogP contribution in [-0.2, 0) is 10.0 Å². The standard InChI is InChI=1S/C16H17ClN2O3S2/c17-14-6-7-16(23-14)24(20,21)19-11-4-5-12(19)10-13(9-11)22-15-3-1-2-8-18-15/h1-3,6-8,11-13H,4-5,9-10H2. The van der Waals surface area contributed by atoms with E-state index in [4.69, 9.17) is 16.3 Å². The summed E-state index contributed by atoms with van der Waals surface area (Å²) >= 11 is 7.03. The summed E-state index contributed by atoms with van der Waals surface area (Å²) in [5.41, 5.74) is 0. The molecule has 0 saturated carbocycles. The van der Waals surface area contributed by atoms with Gasteiger partial charge < -0.3 is 4.74 Å². The van der Waals surface area contributed by atoms with Crippen molar-refractivity contribution in [2.75, 3.05) is 0 Å². The molecular formula is C16H17ClN2O3S2. The van der Waals surface area contributed by atoms with Crippen LogP contribution in [0.2, 0.25) is 4.34 Å². The van der Waals surface area contributed by atoms with Crippen LogP contribution in [0.4, 0.5) is 0 Å². The summed E-state index contributed by atoms with van der Waals surface area (Å²) in [7, 11) is -3.48. The maximum Gasteiger partial charge on any atom is 0.253 e. The molecule has 2 aliphatic rings. The summed E-state index contributed by atoms with van der Waals surface area (Å²) in [6.45, 7) is 0. The number of ether oxygens (including phenoxy) is 1. The number of hydrogen-bond acceptors (Lipinski definition) is 5. The van der Waals surface area contributed by atoms with E-state index in [0.717, 1.165) is 24.2 Å². The van der Waals surface area contributed by atoms with Crippen molar-refractivity contribution in [1.29, 1.82) is 0 Å². The first-order chi connectivity index (χ1) is 11.5. The first-order valence-electron chi connectivity index (χ1n) is 7.90. The quantitative estimate of drug-likeness (QED) is 0.808. The number of halogens is 1. The molecule has 4 heterocycles. The van der Waals surface area contributed by atoms with Crippen LogP contribution in [0.5, 0.6) is 5.88 Å². The van der Waals surface area contributed by atoms with Gasteiger partial charge in [0, 0.05) is 37.2 Å². The van der Waals surface area contributed by atoms with E-state index in [1.54, 1.807) is 22.6 Å². The van der Waals surface area contributed by atoms with Gasteiger partial charge >= 0.3 is 0 Å². The number of nitrogens with zero attached hydrogens (tertiary/aromatic N) is 2. The first-order valence-corrected chi connectivity index (χ1v) is 10.5. The zero-order valence-corrected chi connectivity index (χ0v) is 15.2. The minimum atomic E-state index is -3.48. The van der Waals surface area contributed by atoms with Crippen molar-refractivity contribution in [2.45, 2.75) is 48.1 Å². The Balaban J connectivity index is 1.53. The molecule has 2 unspecified atom stereocenters. The number of aromatic nitrogens is 1. The zero-order valence-electron chi connectivity index (χ0n) is 12.8. The fourth-order valence-corrected chi connectivity index (χ4v) is 7.18. The molecule has 2 atom stereocenters. The van der Waals surface area contributed by atoms with E-state index in [9.17, 15) is 8.42 Å². The van der Waals surface area contributed by atoms with Crippen molar-refractivity contribution in [1.82, 2.24) is 9.29 Å². The molecule has 2 saturated heterocycles. The van der Waals surface area contributed by atoms with Crippen molar-refractivity contribution in [3.63, 3.8) is 0 Å². The van der Waals surface area contributed by atoms with E-state index in [2.05, 4.69) is 4.98 Å². The van der Waals surface area contributed by atoms with Gasteiger partial charge in [-0.1, -0.05) is 17.7 Å². The van der Waals surface area contributed by atoms with E-state index in [1.165, 1.54) is 0 Å². The van der Waals surface area contributed by atoms with Gasteiger partial charge in [-0.3, -0.25) is 0 Å². The van der Waals surface area contributed by atoms with Crippen LogP contribution in [0.25, 0.3) is 0 Å². The molecular weight excluding hydrogens is 368 g/mol. The zero-order chi connectivity index (χ0) is 16.7.